The quantitative estimate of drug-likeness (QED) is 0.653. The number of benzene rings is 1. The van der Waals surface area contributed by atoms with Crippen molar-refractivity contribution in [2.75, 3.05) is 6.26 Å². The van der Waals surface area contributed by atoms with Crippen LogP contribution in [0.4, 0.5) is 0 Å². The molecule has 0 saturated carbocycles. The summed E-state index contributed by atoms with van der Waals surface area (Å²) in [7, 11) is -2.25. The van der Waals surface area contributed by atoms with Gasteiger partial charge in [-0.3, -0.25) is 14.5 Å². The van der Waals surface area contributed by atoms with E-state index in [0.717, 1.165) is 12.8 Å². The average molecular weight is 401 g/mol. The maximum Gasteiger partial charge on any atom is 0.261 e. The van der Waals surface area contributed by atoms with E-state index in [1.165, 1.54) is 12.4 Å². The van der Waals surface area contributed by atoms with Gasteiger partial charge in [0.15, 0.2) is 0 Å². The van der Waals surface area contributed by atoms with Crippen molar-refractivity contribution in [3.63, 3.8) is 0 Å². The lowest BCUT2D eigenvalue weighted by atomic mass is 10.2. The second-order valence-corrected chi connectivity index (χ2v) is 8.91. The molecule has 1 aromatic heterocycles. The van der Waals surface area contributed by atoms with Crippen LogP contribution in [0.15, 0.2) is 47.6 Å². The molecule has 25 heavy (non-hydrogen) atoms. The number of amides is 1. The molecule has 1 N–H and O–H groups in total. The molecular formula is C18H22Cl2N2O2S. The summed E-state index contributed by atoms with van der Waals surface area (Å²) in [6.45, 7) is 4.09. The highest BCUT2D eigenvalue weighted by atomic mass is 35.5. The maximum atomic E-state index is 12.7. The van der Waals surface area contributed by atoms with Gasteiger partial charge in [-0.05, 0) is 35.5 Å². The van der Waals surface area contributed by atoms with E-state index in [1.807, 2.05) is 38.3 Å². The summed E-state index contributed by atoms with van der Waals surface area (Å²) in [6.07, 6.45) is 6.50. The van der Waals surface area contributed by atoms with Crippen LogP contribution in [-0.4, -0.2) is 23.3 Å². The fraction of sp³-hybridized carbons (Fsp3) is 0.333. The second kappa shape index (κ2) is 8.90. The molecule has 0 aliphatic carbocycles. The Bertz CT molecular complexity index is 706. The van der Waals surface area contributed by atoms with Crippen LogP contribution in [0, 0.1) is 0 Å². The summed E-state index contributed by atoms with van der Waals surface area (Å²) in [5.74, 6) is -0.229. The first-order chi connectivity index (χ1) is 11.9. The smallest absolute Gasteiger partial charge is 0.261 e. The van der Waals surface area contributed by atoms with Gasteiger partial charge >= 0.3 is 0 Å². The number of nitrogens with one attached hydrogen (secondary N) is 1. The third-order valence-corrected chi connectivity index (χ3v) is 7.01. The van der Waals surface area contributed by atoms with Crippen LogP contribution in [0.2, 0.25) is 10.0 Å². The minimum Gasteiger partial charge on any atom is -0.311 e. The summed E-state index contributed by atoms with van der Waals surface area (Å²) in [5, 5.41) is 0.758. The van der Waals surface area contributed by atoms with Crippen LogP contribution in [-0.2, 0) is 4.18 Å². The van der Waals surface area contributed by atoms with Crippen LogP contribution in [0.25, 0.3) is 0 Å². The molecule has 1 atom stereocenters. The van der Waals surface area contributed by atoms with E-state index in [0.29, 0.717) is 20.5 Å². The monoisotopic (exact) mass is 400 g/mol. The molecule has 1 amide bonds. The number of halogens is 2. The first-order valence-electron chi connectivity index (χ1n) is 8.04. The number of hydrogen-bond acceptors (Lipinski definition) is 3. The Hall–Kier alpha value is -1.27. The fourth-order valence-electron chi connectivity index (χ4n) is 2.42. The van der Waals surface area contributed by atoms with E-state index in [4.69, 9.17) is 27.4 Å². The van der Waals surface area contributed by atoms with E-state index in [1.54, 1.807) is 12.1 Å². The third-order valence-electron chi connectivity index (χ3n) is 3.76. The Kier molecular flexibility index (Phi) is 7.14. The maximum absolute atomic E-state index is 12.7. The molecular weight excluding hydrogens is 379 g/mol. The topological polar surface area (TPSA) is 51.2 Å². The Balaban J connectivity index is 2.43. The minimum absolute atomic E-state index is 0.0172. The molecule has 2 aromatic rings. The molecule has 136 valence electrons. The Morgan fingerprint density at radius 3 is 2.24 bits per heavy atom. The molecule has 0 radical (unpaired) electrons. The van der Waals surface area contributed by atoms with Gasteiger partial charge in [-0.15, -0.1) is 0 Å². The molecule has 0 saturated heterocycles. The normalized spacial score (nSPS) is 14.8. The molecule has 0 aliphatic rings. The van der Waals surface area contributed by atoms with Crippen LogP contribution < -0.4 is 4.72 Å². The molecule has 1 unspecified atom stereocenters. The molecule has 4 nitrogen and oxygen atoms in total. The van der Waals surface area contributed by atoms with E-state index in [9.17, 15) is 4.79 Å². The number of hydrogen-bond donors (Lipinski definition) is 1. The molecule has 0 spiro atoms. The Labute approximate surface area is 160 Å². The zero-order valence-corrected chi connectivity index (χ0v) is 16.8. The highest BCUT2D eigenvalue weighted by Gasteiger charge is 2.32. The van der Waals surface area contributed by atoms with Gasteiger partial charge in [0.25, 0.3) is 5.91 Å². The molecule has 0 fully saturated rings. The summed E-state index contributed by atoms with van der Waals surface area (Å²) < 4.78 is 9.36. The van der Waals surface area contributed by atoms with Gasteiger partial charge in [0.1, 0.15) is 0 Å². The zero-order chi connectivity index (χ0) is 18.4. The van der Waals surface area contributed by atoms with Crippen molar-refractivity contribution in [1.29, 1.82) is 0 Å². The molecule has 7 heteroatoms. The van der Waals surface area contributed by atoms with Crippen LogP contribution in [0.1, 0.15) is 37.0 Å². The largest absolute Gasteiger partial charge is 0.311 e. The van der Waals surface area contributed by atoms with E-state index < -0.39 is 10.5 Å². The first-order valence-corrected chi connectivity index (χ1v) is 10.8. The van der Waals surface area contributed by atoms with Gasteiger partial charge < -0.3 is 4.18 Å². The third kappa shape index (κ3) is 4.88. The Morgan fingerprint density at radius 1 is 1.16 bits per heavy atom. The lowest BCUT2D eigenvalue weighted by Gasteiger charge is -2.40. The van der Waals surface area contributed by atoms with Crippen molar-refractivity contribution in [3.8, 4) is 0 Å². The van der Waals surface area contributed by atoms with E-state index in [-0.39, 0.29) is 12.0 Å². The molecule has 0 aliphatic heterocycles. The highest BCUT2D eigenvalue weighted by Crippen LogP contribution is 2.56. The van der Waals surface area contributed by atoms with Crippen LogP contribution in [0.5, 0.6) is 0 Å². The van der Waals surface area contributed by atoms with Crippen molar-refractivity contribution in [1.82, 2.24) is 9.71 Å². The molecule has 0 bridgehead atoms. The number of carbonyl (C=O) groups excluding carboxylic acids is 1. The zero-order valence-electron chi connectivity index (χ0n) is 14.5. The molecule has 1 heterocycles. The van der Waals surface area contributed by atoms with Gasteiger partial charge in [-0.1, -0.05) is 55.2 Å². The number of carbonyl (C=O) groups is 1. The molecule has 2 rings (SSSR count). The predicted octanol–water partition coefficient (Wildman–Crippen LogP) is 5.65. The van der Waals surface area contributed by atoms with Crippen molar-refractivity contribution >= 4 is 39.6 Å². The predicted molar refractivity (Wildman–Crippen MR) is 105 cm³/mol. The standard InChI is InChI=1S/C18H22Cl2N2O2S/c1-4-14(5-2)24-25(3,17-15(19)11-21-12-16(17)20)22-18(23)13-9-7-6-8-10-13/h6-12,14H,4-5H2,1-3H3,(H,22,23). The number of rotatable bonds is 7. The van der Waals surface area contributed by atoms with Crippen LogP contribution >= 0.6 is 33.7 Å². The first kappa shape index (κ1) is 20.0. The van der Waals surface area contributed by atoms with Crippen molar-refractivity contribution in [2.45, 2.75) is 37.7 Å². The lowest BCUT2D eigenvalue weighted by Crippen LogP contribution is -2.32. The van der Waals surface area contributed by atoms with Gasteiger partial charge in [-0.25, -0.2) is 0 Å². The fourth-order valence-corrected chi connectivity index (χ4v) is 6.05. The number of aromatic nitrogens is 1. The number of pyridine rings is 1. The summed E-state index contributed by atoms with van der Waals surface area (Å²) in [5.41, 5.74) is 0.552. The highest BCUT2D eigenvalue weighted by molar-refractivity contribution is 8.28. The average Bonchev–Trinajstić information content (AvgIpc) is 2.60. The molecule has 1 aromatic carbocycles. The van der Waals surface area contributed by atoms with Gasteiger partial charge in [0, 0.05) is 24.2 Å². The van der Waals surface area contributed by atoms with Gasteiger partial charge in [0.2, 0.25) is 0 Å². The van der Waals surface area contributed by atoms with Crippen LogP contribution in [0.3, 0.4) is 0 Å². The SMILES string of the molecule is CCC(CC)OS(C)(NC(=O)c1ccccc1)c1c(Cl)cncc1Cl. The minimum atomic E-state index is -2.25. The summed E-state index contributed by atoms with van der Waals surface area (Å²) in [4.78, 5) is 17.3. The second-order valence-electron chi connectivity index (χ2n) is 5.61. The number of nitrogens with zero attached hydrogens (tertiary/aromatic N) is 1. The van der Waals surface area contributed by atoms with E-state index in [2.05, 4.69) is 9.71 Å². The van der Waals surface area contributed by atoms with Gasteiger partial charge in [0.05, 0.1) is 21.0 Å². The van der Waals surface area contributed by atoms with Crippen molar-refractivity contribution in [2.24, 2.45) is 0 Å². The van der Waals surface area contributed by atoms with Crippen molar-refractivity contribution < 1.29 is 8.98 Å². The van der Waals surface area contributed by atoms with Crippen molar-refractivity contribution in [3.05, 3.63) is 58.3 Å². The lowest BCUT2D eigenvalue weighted by molar-refractivity contribution is 0.0976. The van der Waals surface area contributed by atoms with E-state index >= 15 is 0 Å². The summed E-state index contributed by atoms with van der Waals surface area (Å²) in [6, 6.07) is 9.00. The Morgan fingerprint density at radius 2 is 1.72 bits per heavy atom. The van der Waals surface area contributed by atoms with Gasteiger partial charge in [-0.2, -0.15) is 0 Å². The summed E-state index contributed by atoms with van der Waals surface area (Å²) >= 11 is 12.7.